The Morgan fingerprint density at radius 1 is 1.35 bits per heavy atom. The molecule has 1 aromatic rings. The Hall–Kier alpha value is -1.99. The number of carbonyl (C=O) groups is 1. The summed E-state index contributed by atoms with van der Waals surface area (Å²) in [5.74, 6) is 0.261. The first kappa shape index (κ1) is 13.0. The highest BCUT2D eigenvalue weighted by molar-refractivity contribution is 5.67. The van der Waals surface area contributed by atoms with Crippen LogP contribution >= 0.6 is 0 Å². The van der Waals surface area contributed by atoms with Crippen LogP contribution in [-0.2, 0) is 6.18 Å². The second-order valence-corrected chi connectivity index (χ2v) is 5.03. The lowest BCUT2D eigenvalue weighted by Crippen LogP contribution is -2.48. The van der Waals surface area contributed by atoms with Crippen LogP contribution in [0.2, 0.25) is 0 Å². The van der Waals surface area contributed by atoms with Gasteiger partial charge in [0, 0.05) is 19.3 Å². The first-order valence-electron chi connectivity index (χ1n) is 6.15. The number of piperazine rings is 1. The molecule has 108 valence electrons. The molecule has 2 atom stereocenters. The minimum absolute atomic E-state index is 0.0907. The van der Waals surface area contributed by atoms with E-state index in [1.54, 1.807) is 4.90 Å². The van der Waals surface area contributed by atoms with Gasteiger partial charge in [0.25, 0.3) is 0 Å². The van der Waals surface area contributed by atoms with Gasteiger partial charge in [0.2, 0.25) is 0 Å². The summed E-state index contributed by atoms with van der Waals surface area (Å²) in [5.41, 5.74) is -0.736. The van der Waals surface area contributed by atoms with Crippen LogP contribution in [0.4, 0.5) is 23.8 Å². The molecule has 2 aliphatic rings. The molecule has 5 nitrogen and oxygen atoms in total. The molecule has 0 aliphatic carbocycles. The number of pyridine rings is 1. The number of hydrogen-bond donors (Lipinski definition) is 1. The molecule has 0 aromatic carbocycles. The van der Waals surface area contributed by atoms with Crippen molar-refractivity contribution in [2.45, 2.75) is 24.7 Å². The topological polar surface area (TPSA) is 56.7 Å². The SMILES string of the molecule is O=C(O)N1C[C@@H]2C[C@H]1CN2c1cc(C(F)(F)F)ccn1. The smallest absolute Gasteiger partial charge is 0.416 e. The van der Waals surface area contributed by atoms with E-state index in [9.17, 15) is 18.0 Å². The number of anilines is 1. The number of aromatic nitrogens is 1. The fourth-order valence-electron chi connectivity index (χ4n) is 2.93. The first-order chi connectivity index (χ1) is 9.36. The number of nitrogens with zero attached hydrogens (tertiary/aromatic N) is 3. The summed E-state index contributed by atoms with van der Waals surface area (Å²) in [6.45, 7) is 0.712. The van der Waals surface area contributed by atoms with Crippen molar-refractivity contribution in [1.82, 2.24) is 9.88 Å². The molecule has 2 aliphatic heterocycles. The Kier molecular flexibility index (Phi) is 2.77. The maximum absolute atomic E-state index is 12.7. The number of carboxylic acid groups (broad SMARTS) is 1. The average molecular weight is 287 g/mol. The summed E-state index contributed by atoms with van der Waals surface area (Å²) >= 11 is 0. The van der Waals surface area contributed by atoms with Crippen molar-refractivity contribution in [3.8, 4) is 0 Å². The number of amides is 1. The van der Waals surface area contributed by atoms with Crippen molar-refractivity contribution in [3.05, 3.63) is 23.9 Å². The third kappa shape index (κ3) is 2.04. The normalized spacial score (nSPS) is 25.4. The van der Waals surface area contributed by atoms with Crippen molar-refractivity contribution in [1.29, 1.82) is 0 Å². The van der Waals surface area contributed by atoms with Crippen molar-refractivity contribution in [3.63, 3.8) is 0 Å². The Morgan fingerprint density at radius 3 is 2.65 bits per heavy atom. The molecule has 2 saturated heterocycles. The van der Waals surface area contributed by atoms with Crippen molar-refractivity contribution in [2.75, 3.05) is 18.0 Å². The molecule has 1 N–H and O–H groups in total. The van der Waals surface area contributed by atoms with Gasteiger partial charge >= 0.3 is 12.3 Å². The largest absolute Gasteiger partial charge is 0.465 e. The van der Waals surface area contributed by atoms with Crippen LogP contribution in [0.1, 0.15) is 12.0 Å². The highest BCUT2D eigenvalue weighted by atomic mass is 19.4. The summed E-state index contributed by atoms with van der Waals surface area (Å²) < 4.78 is 38.0. The van der Waals surface area contributed by atoms with Gasteiger partial charge in [-0.2, -0.15) is 13.2 Å². The second kappa shape index (κ2) is 4.26. The van der Waals surface area contributed by atoms with E-state index < -0.39 is 17.8 Å². The molecular weight excluding hydrogens is 275 g/mol. The van der Waals surface area contributed by atoms with E-state index in [1.165, 1.54) is 4.90 Å². The molecule has 3 heterocycles. The van der Waals surface area contributed by atoms with Gasteiger partial charge in [-0.15, -0.1) is 0 Å². The number of fused-ring (bicyclic) bond motifs is 2. The molecule has 2 bridgehead atoms. The van der Waals surface area contributed by atoms with E-state index in [2.05, 4.69) is 4.98 Å². The monoisotopic (exact) mass is 287 g/mol. The lowest BCUT2D eigenvalue weighted by Gasteiger charge is -2.33. The molecule has 0 radical (unpaired) electrons. The van der Waals surface area contributed by atoms with Crippen LogP contribution in [0.5, 0.6) is 0 Å². The van der Waals surface area contributed by atoms with Gasteiger partial charge in [-0.1, -0.05) is 0 Å². The van der Waals surface area contributed by atoms with Gasteiger partial charge in [0.05, 0.1) is 17.6 Å². The highest BCUT2D eigenvalue weighted by Crippen LogP contribution is 2.36. The van der Waals surface area contributed by atoms with Gasteiger partial charge in [0.15, 0.2) is 0 Å². The third-order valence-corrected chi connectivity index (χ3v) is 3.85. The van der Waals surface area contributed by atoms with Gasteiger partial charge in [0.1, 0.15) is 5.82 Å². The summed E-state index contributed by atoms with van der Waals surface area (Å²) in [4.78, 5) is 18.1. The fourth-order valence-corrected chi connectivity index (χ4v) is 2.93. The predicted octanol–water partition coefficient (Wildman–Crippen LogP) is 2.04. The molecule has 3 rings (SSSR count). The van der Waals surface area contributed by atoms with E-state index in [-0.39, 0.29) is 17.9 Å². The first-order valence-corrected chi connectivity index (χ1v) is 6.15. The zero-order valence-corrected chi connectivity index (χ0v) is 10.3. The summed E-state index contributed by atoms with van der Waals surface area (Å²) in [7, 11) is 0. The number of likely N-dealkylation sites (tertiary alicyclic amines) is 1. The Morgan fingerprint density at radius 2 is 2.10 bits per heavy atom. The lowest BCUT2D eigenvalue weighted by atomic mass is 10.2. The highest BCUT2D eigenvalue weighted by Gasteiger charge is 2.46. The van der Waals surface area contributed by atoms with Gasteiger partial charge in [-0.25, -0.2) is 9.78 Å². The third-order valence-electron chi connectivity index (χ3n) is 3.85. The van der Waals surface area contributed by atoms with Crippen molar-refractivity contribution >= 4 is 11.9 Å². The number of rotatable bonds is 1. The van der Waals surface area contributed by atoms with Crippen LogP contribution in [-0.4, -0.2) is 46.3 Å². The van der Waals surface area contributed by atoms with E-state index in [4.69, 9.17) is 5.11 Å². The average Bonchev–Trinajstić information content (AvgIpc) is 2.97. The molecular formula is C12H12F3N3O2. The van der Waals surface area contributed by atoms with Gasteiger partial charge in [-0.3, -0.25) is 0 Å². The maximum atomic E-state index is 12.7. The Balaban J connectivity index is 1.82. The minimum Gasteiger partial charge on any atom is -0.465 e. The summed E-state index contributed by atoms with van der Waals surface area (Å²) in [5, 5.41) is 8.99. The predicted molar refractivity (Wildman–Crippen MR) is 63.5 cm³/mol. The molecule has 8 heteroatoms. The Labute approximate surface area is 112 Å². The van der Waals surface area contributed by atoms with Crippen LogP contribution in [0.15, 0.2) is 18.3 Å². The lowest BCUT2D eigenvalue weighted by molar-refractivity contribution is -0.137. The number of alkyl halides is 3. The maximum Gasteiger partial charge on any atom is 0.416 e. The molecule has 0 unspecified atom stereocenters. The quantitative estimate of drug-likeness (QED) is 0.858. The molecule has 20 heavy (non-hydrogen) atoms. The molecule has 0 saturated carbocycles. The molecule has 1 aromatic heterocycles. The zero-order chi connectivity index (χ0) is 14.5. The van der Waals surface area contributed by atoms with E-state index in [0.717, 1.165) is 18.3 Å². The van der Waals surface area contributed by atoms with Crippen LogP contribution < -0.4 is 4.90 Å². The van der Waals surface area contributed by atoms with Crippen LogP contribution in [0.25, 0.3) is 0 Å². The number of hydrogen-bond acceptors (Lipinski definition) is 3. The zero-order valence-electron chi connectivity index (χ0n) is 10.3. The van der Waals surface area contributed by atoms with Gasteiger partial charge in [-0.05, 0) is 18.6 Å². The van der Waals surface area contributed by atoms with Crippen LogP contribution in [0, 0.1) is 0 Å². The molecule has 1 amide bonds. The summed E-state index contributed by atoms with van der Waals surface area (Å²) in [6.07, 6.45) is -3.60. The summed E-state index contributed by atoms with van der Waals surface area (Å²) in [6, 6.07) is 1.70. The number of halogens is 3. The van der Waals surface area contributed by atoms with Crippen molar-refractivity contribution < 1.29 is 23.1 Å². The van der Waals surface area contributed by atoms with E-state index >= 15 is 0 Å². The van der Waals surface area contributed by atoms with Crippen LogP contribution in [0.3, 0.4) is 0 Å². The standard InChI is InChI=1S/C12H12F3N3O2/c13-12(14,15)7-1-2-16-10(3-7)17-5-9-4-8(17)6-18(9)11(19)20/h1-3,8-9H,4-6H2,(H,19,20)/t8-,9-/m0/s1. The second-order valence-electron chi connectivity index (χ2n) is 5.03. The van der Waals surface area contributed by atoms with Gasteiger partial charge < -0.3 is 14.9 Å². The molecule has 2 fully saturated rings. The van der Waals surface area contributed by atoms with E-state index in [1.807, 2.05) is 0 Å². The van der Waals surface area contributed by atoms with E-state index in [0.29, 0.717) is 19.5 Å². The molecule has 0 spiro atoms. The fraction of sp³-hybridized carbons (Fsp3) is 0.500. The minimum atomic E-state index is -4.40. The van der Waals surface area contributed by atoms with Crippen molar-refractivity contribution in [2.24, 2.45) is 0 Å². The Bertz CT molecular complexity index is 549.